The number of alkyl halides is 5. The average Bonchev–Trinajstić information content (AvgIpc) is 1.97. The van der Waals surface area contributed by atoms with Gasteiger partial charge in [-0.3, -0.25) is 0 Å². The molecular formula is C11H17F5. The van der Waals surface area contributed by atoms with Gasteiger partial charge in [-0.05, 0) is 24.7 Å². The van der Waals surface area contributed by atoms with E-state index < -0.39 is 36.8 Å². The van der Waals surface area contributed by atoms with Crippen LogP contribution in [0.2, 0.25) is 0 Å². The molecule has 0 heterocycles. The van der Waals surface area contributed by atoms with E-state index in [2.05, 4.69) is 0 Å². The Bertz CT molecular complexity index is 231. The Morgan fingerprint density at radius 1 is 1.19 bits per heavy atom. The van der Waals surface area contributed by atoms with Crippen molar-refractivity contribution in [2.75, 3.05) is 0 Å². The lowest BCUT2D eigenvalue weighted by Crippen LogP contribution is -2.38. The lowest BCUT2D eigenvalue weighted by Gasteiger charge is -2.36. The number of rotatable bonds is 2. The lowest BCUT2D eigenvalue weighted by molar-refractivity contribution is -0.214. The van der Waals surface area contributed by atoms with Gasteiger partial charge in [-0.1, -0.05) is 13.8 Å². The van der Waals surface area contributed by atoms with Gasteiger partial charge in [0.2, 0.25) is 5.92 Å². The van der Waals surface area contributed by atoms with E-state index in [1.54, 1.807) is 0 Å². The molecule has 0 aromatic rings. The molecule has 5 heteroatoms. The molecule has 0 radical (unpaired) electrons. The van der Waals surface area contributed by atoms with E-state index in [1.807, 2.05) is 13.8 Å². The Morgan fingerprint density at radius 2 is 1.75 bits per heavy atom. The number of halogens is 5. The van der Waals surface area contributed by atoms with E-state index in [0.29, 0.717) is 6.42 Å². The number of hydrogen-bond acceptors (Lipinski definition) is 0. The molecule has 0 aromatic heterocycles. The van der Waals surface area contributed by atoms with E-state index in [9.17, 15) is 22.0 Å². The van der Waals surface area contributed by atoms with Crippen molar-refractivity contribution in [3.05, 3.63) is 0 Å². The van der Waals surface area contributed by atoms with Crippen LogP contribution in [0.15, 0.2) is 0 Å². The Kier molecular flexibility index (Phi) is 3.85. The van der Waals surface area contributed by atoms with Gasteiger partial charge in [0.1, 0.15) is 0 Å². The van der Waals surface area contributed by atoms with Crippen molar-refractivity contribution in [2.24, 2.45) is 17.8 Å². The summed E-state index contributed by atoms with van der Waals surface area (Å²) in [5.74, 6) is -5.33. The fraction of sp³-hybridized carbons (Fsp3) is 1.00. The average molecular weight is 244 g/mol. The predicted octanol–water partition coefficient (Wildman–Crippen LogP) is 4.65. The summed E-state index contributed by atoms with van der Waals surface area (Å²) in [6.07, 6.45) is -5.61. The topological polar surface area (TPSA) is 0 Å². The first-order chi connectivity index (χ1) is 7.10. The quantitative estimate of drug-likeness (QED) is 0.620. The van der Waals surface area contributed by atoms with Gasteiger partial charge in [0, 0.05) is 12.8 Å². The van der Waals surface area contributed by atoms with Gasteiger partial charge < -0.3 is 0 Å². The van der Waals surface area contributed by atoms with E-state index >= 15 is 0 Å². The third kappa shape index (κ3) is 3.91. The first kappa shape index (κ1) is 13.7. The third-order valence-corrected chi connectivity index (χ3v) is 3.02. The summed E-state index contributed by atoms with van der Waals surface area (Å²) in [6.45, 7) is 3.69. The van der Waals surface area contributed by atoms with Crippen LogP contribution in [0.4, 0.5) is 22.0 Å². The minimum absolute atomic E-state index is 0.142. The first-order valence-electron chi connectivity index (χ1n) is 5.54. The summed E-state index contributed by atoms with van der Waals surface area (Å²) in [6, 6.07) is 0. The first-order valence-corrected chi connectivity index (χ1v) is 5.54. The van der Waals surface area contributed by atoms with Gasteiger partial charge in [0.05, 0.1) is 5.92 Å². The molecule has 0 N–H and O–H groups in total. The molecule has 0 spiro atoms. The largest absolute Gasteiger partial charge is 0.392 e. The monoisotopic (exact) mass is 244 g/mol. The van der Waals surface area contributed by atoms with Crippen molar-refractivity contribution in [3.8, 4) is 0 Å². The molecule has 0 amide bonds. The van der Waals surface area contributed by atoms with Gasteiger partial charge in [-0.25, -0.2) is 8.78 Å². The smallest absolute Gasteiger partial charge is 0.207 e. The van der Waals surface area contributed by atoms with Crippen LogP contribution < -0.4 is 0 Å². The molecule has 1 rings (SSSR count). The predicted molar refractivity (Wildman–Crippen MR) is 51.3 cm³/mol. The zero-order chi connectivity index (χ0) is 12.6. The van der Waals surface area contributed by atoms with E-state index in [0.717, 1.165) is 0 Å². The van der Waals surface area contributed by atoms with Crippen LogP contribution in [0, 0.1) is 17.8 Å². The molecule has 1 aliphatic carbocycles. The summed E-state index contributed by atoms with van der Waals surface area (Å²) >= 11 is 0. The highest BCUT2D eigenvalue weighted by Crippen LogP contribution is 2.47. The van der Waals surface area contributed by atoms with E-state index in [-0.39, 0.29) is 12.3 Å². The van der Waals surface area contributed by atoms with Gasteiger partial charge in [0.15, 0.2) is 0 Å². The normalized spacial score (nSPS) is 30.8. The maximum atomic E-state index is 13.2. The molecule has 1 fully saturated rings. The van der Waals surface area contributed by atoms with Crippen LogP contribution >= 0.6 is 0 Å². The van der Waals surface area contributed by atoms with Crippen molar-refractivity contribution in [1.82, 2.24) is 0 Å². The molecule has 16 heavy (non-hydrogen) atoms. The van der Waals surface area contributed by atoms with Crippen molar-refractivity contribution in [3.63, 3.8) is 0 Å². The van der Waals surface area contributed by atoms with Crippen molar-refractivity contribution >= 4 is 0 Å². The van der Waals surface area contributed by atoms with Gasteiger partial charge >= 0.3 is 6.18 Å². The van der Waals surface area contributed by atoms with E-state index in [1.165, 1.54) is 0 Å². The molecule has 2 atom stereocenters. The van der Waals surface area contributed by atoms with Crippen LogP contribution in [-0.4, -0.2) is 12.1 Å². The highest BCUT2D eigenvalue weighted by molar-refractivity contribution is 4.87. The zero-order valence-electron chi connectivity index (χ0n) is 9.45. The molecule has 0 aromatic carbocycles. The minimum Gasteiger partial charge on any atom is -0.207 e. The standard InChI is InChI=1S/C11H17F5/c1-7(2)3-8-4-9(11(14,15)16)6-10(12,13)5-8/h7-9H,3-6H2,1-2H3/t8-,9-/m0/s1. The van der Waals surface area contributed by atoms with Crippen LogP contribution in [0.5, 0.6) is 0 Å². The molecule has 1 saturated carbocycles. The second-order valence-corrected chi connectivity index (χ2v) is 5.23. The summed E-state index contributed by atoms with van der Waals surface area (Å²) in [7, 11) is 0. The van der Waals surface area contributed by atoms with Gasteiger partial charge in [0.25, 0.3) is 0 Å². The second kappa shape index (κ2) is 4.49. The summed E-state index contributed by atoms with van der Waals surface area (Å²) < 4.78 is 63.8. The highest BCUT2D eigenvalue weighted by atomic mass is 19.4. The Labute approximate surface area is 92.2 Å². The molecule has 96 valence electrons. The molecular weight excluding hydrogens is 227 g/mol. The Hall–Kier alpha value is -0.350. The molecule has 0 nitrogen and oxygen atoms in total. The van der Waals surface area contributed by atoms with Crippen molar-refractivity contribution in [1.29, 1.82) is 0 Å². The molecule has 0 saturated heterocycles. The molecule has 0 unspecified atom stereocenters. The summed E-state index contributed by atoms with van der Waals surface area (Å²) in [5, 5.41) is 0. The summed E-state index contributed by atoms with van der Waals surface area (Å²) in [4.78, 5) is 0. The molecule has 0 aliphatic heterocycles. The van der Waals surface area contributed by atoms with Crippen molar-refractivity contribution in [2.45, 2.75) is 51.6 Å². The van der Waals surface area contributed by atoms with Crippen LogP contribution in [0.3, 0.4) is 0 Å². The maximum absolute atomic E-state index is 13.2. The SMILES string of the molecule is CC(C)C[C@H]1C[C@H](C(F)(F)F)CC(F)(F)C1. The minimum atomic E-state index is -4.49. The van der Waals surface area contributed by atoms with Crippen LogP contribution in [0.25, 0.3) is 0 Å². The highest BCUT2D eigenvalue weighted by Gasteiger charge is 2.51. The zero-order valence-corrected chi connectivity index (χ0v) is 9.45. The Morgan fingerprint density at radius 3 is 2.19 bits per heavy atom. The second-order valence-electron chi connectivity index (χ2n) is 5.23. The summed E-state index contributed by atoms with van der Waals surface area (Å²) in [5.41, 5.74) is 0. The van der Waals surface area contributed by atoms with Crippen LogP contribution in [0.1, 0.15) is 39.5 Å². The van der Waals surface area contributed by atoms with Crippen LogP contribution in [-0.2, 0) is 0 Å². The van der Waals surface area contributed by atoms with Gasteiger partial charge in [-0.2, -0.15) is 13.2 Å². The molecule has 0 bridgehead atoms. The van der Waals surface area contributed by atoms with E-state index in [4.69, 9.17) is 0 Å². The molecule has 1 aliphatic rings. The lowest BCUT2D eigenvalue weighted by atomic mass is 9.75. The number of hydrogen-bond donors (Lipinski definition) is 0. The Balaban J connectivity index is 2.70. The maximum Gasteiger partial charge on any atom is 0.392 e. The fourth-order valence-electron chi connectivity index (χ4n) is 2.53. The van der Waals surface area contributed by atoms with Gasteiger partial charge in [-0.15, -0.1) is 0 Å². The fourth-order valence-corrected chi connectivity index (χ4v) is 2.53. The van der Waals surface area contributed by atoms with Crippen molar-refractivity contribution < 1.29 is 22.0 Å². The third-order valence-electron chi connectivity index (χ3n) is 3.02.